The molecule has 9 heteroatoms. The summed E-state index contributed by atoms with van der Waals surface area (Å²) in [6.45, 7) is 5.84. The zero-order valence-electron chi connectivity index (χ0n) is 16.1. The second-order valence-corrected chi connectivity index (χ2v) is 8.74. The predicted molar refractivity (Wildman–Crippen MR) is 101 cm³/mol. The van der Waals surface area contributed by atoms with Gasteiger partial charge in [0.05, 0.1) is 0 Å². The van der Waals surface area contributed by atoms with Crippen molar-refractivity contribution < 1.29 is 28.7 Å². The first-order chi connectivity index (χ1) is 12.2. The third-order valence-corrected chi connectivity index (χ3v) is 6.01. The first kappa shape index (κ1) is 25.1. The molecule has 154 valence electrons. The number of rotatable bonds is 15. The molecule has 8 nitrogen and oxygen atoms in total. The molecule has 0 aliphatic heterocycles. The maximum atomic E-state index is 12.6. The van der Waals surface area contributed by atoms with E-state index >= 15 is 0 Å². The summed E-state index contributed by atoms with van der Waals surface area (Å²) in [4.78, 5) is 33.7. The molecule has 0 bridgehead atoms. The first-order valence-corrected chi connectivity index (χ1v) is 11.0. The summed E-state index contributed by atoms with van der Waals surface area (Å²) in [6.07, 6.45) is 3.75. The number of carboxylic acid groups (broad SMARTS) is 1. The minimum absolute atomic E-state index is 0.0901. The molecular formula is C17H35N2O6P. The number of hydrogen-bond donors (Lipinski definition) is 4. The maximum Gasteiger partial charge on any atom is 0.351 e. The van der Waals surface area contributed by atoms with Crippen molar-refractivity contribution in [3.8, 4) is 0 Å². The molecule has 3 unspecified atom stereocenters. The number of unbranched alkanes of at least 4 members (excludes halogenated alkanes) is 4. The molecule has 0 aromatic carbocycles. The van der Waals surface area contributed by atoms with Gasteiger partial charge in [0.25, 0.3) is 0 Å². The van der Waals surface area contributed by atoms with Crippen LogP contribution < -0.4 is 11.1 Å². The van der Waals surface area contributed by atoms with E-state index in [1.165, 1.54) is 0 Å². The molecule has 3 atom stereocenters. The number of aliphatic carboxylic acids is 1. The SMILES string of the molecule is CCCCCCC(=O)NC(C(C)C)P(=O)(O)OC(CCCCN)C(=O)O. The van der Waals surface area contributed by atoms with Crippen molar-refractivity contribution in [2.45, 2.75) is 84.0 Å². The molecule has 0 aliphatic rings. The third-order valence-electron chi connectivity index (χ3n) is 4.02. The number of nitrogens with two attached hydrogens (primary N) is 1. The normalized spacial score (nSPS) is 16.1. The van der Waals surface area contributed by atoms with Crippen LogP contribution in [0.5, 0.6) is 0 Å². The molecule has 0 heterocycles. The number of hydrogen-bond acceptors (Lipinski definition) is 5. The fourth-order valence-corrected chi connectivity index (χ4v) is 4.27. The van der Waals surface area contributed by atoms with Crippen molar-refractivity contribution >= 4 is 19.5 Å². The van der Waals surface area contributed by atoms with Gasteiger partial charge in [0.1, 0.15) is 5.78 Å². The molecule has 5 N–H and O–H groups in total. The molecule has 0 aromatic rings. The second kappa shape index (κ2) is 13.3. The van der Waals surface area contributed by atoms with Crippen LogP contribution in [0.4, 0.5) is 0 Å². The standard InChI is InChI=1S/C17H35N2O6P/c1-4-5-6-7-11-15(20)19-16(13(2)3)26(23,24)25-14(17(21)22)10-8-9-12-18/h13-14,16H,4-12,18H2,1-3H3,(H,19,20)(H,21,22)(H,23,24). The average molecular weight is 394 g/mol. The molecule has 0 rings (SSSR count). The lowest BCUT2D eigenvalue weighted by atomic mass is 10.1. The number of nitrogens with one attached hydrogen (secondary N) is 1. The molecule has 26 heavy (non-hydrogen) atoms. The molecular weight excluding hydrogens is 359 g/mol. The van der Waals surface area contributed by atoms with Crippen molar-refractivity contribution in [3.05, 3.63) is 0 Å². The van der Waals surface area contributed by atoms with Crippen LogP contribution in [0.3, 0.4) is 0 Å². The summed E-state index contributed by atoms with van der Waals surface area (Å²) in [7, 11) is -4.36. The van der Waals surface area contributed by atoms with Crippen LogP contribution in [0.25, 0.3) is 0 Å². The summed E-state index contributed by atoms with van der Waals surface area (Å²) in [5.41, 5.74) is 5.38. The van der Waals surface area contributed by atoms with Gasteiger partial charge in [-0.2, -0.15) is 0 Å². The van der Waals surface area contributed by atoms with Gasteiger partial charge in [-0.1, -0.05) is 40.0 Å². The number of carboxylic acids is 1. The van der Waals surface area contributed by atoms with Gasteiger partial charge in [-0.05, 0) is 38.1 Å². The first-order valence-electron chi connectivity index (χ1n) is 9.38. The van der Waals surface area contributed by atoms with E-state index in [0.717, 1.165) is 19.3 Å². The van der Waals surface area contributed by atoms with Crippen molar-refractivity contribution in [2.75, 3.05) is 6.54 Å². The van der Waals surface area contributed by atoms with Crippen molar-refractivity contribution in [1.29, 1.82) is 0 Å². The quantitative estimate of drug-likeness (QED) is 0.247. The van der Waals surface area contributed by atoms with Crippen molar-refractivity contribution in [3.63, 3.8) is 0 Å². The highest BCUT2D eigenvalue weighted by Gasteiger charge is 2.40. The molecule has 0 aromatic heterocycles. The van der Waals surface area contributed by atoms with Gasteiger partial charge in [-0.25, -0.2) is 4.79 Å². The van der Waals surface area contributed by atoms with E-state index in [0.29, 0.717) is 25.8 Å². The van der Waals surface area contributed by atoms with E-state index in [-0.39, 0.29) is 24.7 Å². The lowest BCUT2D eigenvalue weighted by Gasteiger charge is -2.28. The van der Waals surface area contributed by atoms with E-state index in [4.69, 9.17) is 10.3 Å². The molecule has 1 amide bonds. The highest BCUT2D eigenvalue weighted by Crippen LogP contribution is 2.50. The van der Waals surface area contributed by atoms with Crippen LogP contribution in [0.2, 0.25) is 0 Å². The van der Waals surface area contributed by atoms with Crippen LogP contribution in [-0.2, 0) is 18.7 Å². The van der Waals surface area contributed by atoms with Crippen LogP contribution in [-0.4, -0.2) is 40.3 Å². The van der Waals surface area contributed by atoms with Crippen molar-refractivity contribution in [1.82, 2.24) is 5.32 Å². The van der Waals surface area contributed by atoms with Gasteiger partial charge in [-0.15, -0.1) is 0 Å². The van der Waals surface area contributed by atoms with Crippen LogP contribution >= 0.6 is 7.60 Å². The van der Waals surface area contributed by atoms with E-state index in [1.807, 2.05) is 0 Å². The minimum atomic E-state index is -4.36. The monoisotopic (exact) mass is 394 g/mol. The number of carbonyl (C=O) groups is 2. The Hall–Kier alpha value is -0.950. The highest BCUT2D eigenvalue weighted by molar-refractivity contribution is 7.53. The van der Waals surface area contributed by atoms with Crippen LogP contribution in [0, 0.1) is 5.92 Å². The molecule has 0 saturated heterocycles. The topological polar surface area (TPSA) is 139 Å². The number of carbonyl (C=O) groups excluding carboxylic acids is 1. The largest absolute Gasteiger partial charge is 0.479 e. The zero-order chi connectivity index (χ0) is 20.2. The van der Waals surface area contributed by atoms with Gasteiger partial charge < -0.3 is 21.1 Å². The van der Waals surface area contributed by atoms with Gasteiger partial charge in [0, 0.05) is 6.42 Å². The molecule has 0 spiro atoms. The maximum absolute atomic E-state index is 12.6. The summed E-state index contributed by atoms with van der Waals surface area (Å²) in [5.74, 6) is -3.15. The Labute approximate surface area is 156 Å². The Kier molecular flexibility index (Phi) is 12.8. The third kappa shape index (κ3) is 10.3. The van der Waals surface area contributed by atoms with Gasteiger partial charge in [0.2, 0.25) is 5.91 Å². The Morgan fingerprint density at radius 3 is 2.31 bits per heavy atom. The second-order valence-electron chi connectivity index (χ2n) is 6.85. The van der Waals surface area contributed by atoms with Gasteiger partial charge >= 0.3 is 13.6 Å². The smallest absolute Gasteiger partial charge is 0.351 e. The van der Waals surface area contributed by atoms with Crippen LogP contribution in [0.15, 0.2) is 0 Å². The minimum Gasteiger partial charge on any atom is -0.479 e. The summed E-state index contributed by atoms with van der Waals surface area (Å²) in [5, 5.41) is 11.8. The number of amides is 1. The van der Waals surface area contributed by atoms with E-state index in [2.05, 4.69) is 12.2 Å². The lowest BCUT2D eigenvalue weighted by molar-refractivity contribution is -0.145. The Bertz CT molecular complexity index is 472. The summed E-state index contributed by atoms with van der Waals surface area (Å²) < 4.78 is 17.7. The van der Waals surface area contributed by atoms with Gasteiger partial charge in [0.15, 0.2) is 6.10 Å². The Morgan fingerprint density at radius 2 is 1.81 bits per heavy atom. The van der Waals surface area contributed by atoms with Gasteiger partial charge in [-0.3, -0.25) is 13.9 Å². The van der Waals surface area contributed by atoms with Crippen molar-refractivity contribution in [2.24, 2.45) is 11.7 Å². The molecule has 0 fully saturated rings. The highest BCUT2D eigenvalue weighted by atomic mass is 31.2. The summed E-state index contributed by atoms with van der Waals surface area (Å²) in [6, 6.07) is 0. The average Bonchev–Trinajstić information content (AvgIpc) is 2.55. The Balaban J connectivity index is 4.87. The molecule has 0 saturated carbocycles. The zero-order valence-corrected chi connectivity index (χ0v) is 17.0. The summed E-state index contributed by atoms with van der Waals surface area (Å²) >= 11 is 0. The van der Waals surface area contributed by atoms with E-state index in [1.54, 1.807) is 13.8 Å². The fraction of sp³-hybridized carbons (Fsp3) is 0.882. The fourth-order valence-electron chi connectivity index (χ4n) is 2.52. The predicted octanol–water partition coefficient (Wildman–Crippen LogP) is 2.84. The lowest BCUT2D eigenvalue weighted by Crippen LogP contribution is -2.40. The van der Waals surface area contributed by atoms with E-state index < -0.39 is 25.5 Å². The van der Waals surface area contributed by atoms with E-state index in [9.17, 15) is 24.2 Å². The molecule has 0 aliphatic carbocycles. The molecule has 0 radical (unpaired) electrons. The Morgan fingerprint density at radius 1 is 1.15 bits per heavy atom. The van der Waals surface area contributed by atoms with Crippen LogP contribution in [0.1, 0.15) is 72.1 Å².